The van der Waals surface area contributed by atoms with Gasteiger partial charge in [-0.25, -0.2) is 0 Å². The molecule has 0 rings (SSSR count). The molecular weight excluding hydrogens is 803 g/mol. The molecule has 6 heteroatoms. The van der Waals surface area contributed by atoms with Crippen molar-refractivity contribution < 1.29 is 24.5 Å². The maximum atomic E-state index is 12.4. The average Bonchev–Trinajstić information content (AvgIpc) is 3.31. The van der Waals surface area contributed by atoms with Crippen LogP contribution < -0.4 is 5.32 Å². The first-order valence-electron chi connectivity index (χ1n) is 29.1. The van der Waals surface area contributed by atoms with Gasteiger partial charge in [-0.05, 0) is 57.8 Å². The number of carbonyl (C=O) groups is 2. The topological polar surface area (TPSA) is 95.9 Å². The zero-order chi connectivity index (χ0) is 47.2. The molecule has 0 heterocycles. The molecule has 384 valence electrons. The highest BCUT2D eigenvalue weighted by atomic mass is 16.5. The molecule has 3 N–H and O–H groups in total. The quantitative estimate of drug-likeness (QED) is 0.0321. The third-order valence-electron chi connectivity index (χ3n) is 13.5. The summed E-state index contributed by atoms with van der Waals surface area (Å²) >= 11 is 0. The summed E-state index contributed by atoms with van der Waals surface area (Å²) < 4.78 is 5.49. The number of unbranched alkanes of at least 4 members (excludes halogenated alkanes) is 41. The van der Waals surface area contributed by atoms with E-state index in [0.29, 0.717) is 19.4 Å². The lowest BCUT2D eigenvalue weighted by Gasteiger charge is -2.20. The number of nitrogens with one attached hydrogen (secondary N) is 1. The first-order chi connectivity index (χ1) is 32.0. The van der Waals surface area contributed by atoms with Crippen molar-refractivity contribution in [2.75, 3.05) is 13.2 Å². The van der Waals surface area contributed by atoms with Gasteiger partial charge >= 0.3 is 5.97 Å². The molecule has 0 aromatic carbocycles. The Kier molecular flexibility index (Phi) is 53.5. The maximum Gasteiger partial charge on any atom is 0.305 e. The number of hydrogen-bond donors (Lipinski definition) is 3. The number of esters is 1. The molecule has 0 saturated carbocycles. The SMILES string of the molecule is CCCCCCCCCC/C=C/C(O)C(CO)NC(=O)CCCCCCCCC/C=C\CCCCCCCCCCCCOC(=O)CCCCCCCCCCCCCCCCCCC. The number of aliphatic hydroxyl groups excluding tert-OH is 2. The summed E-state index contributed by atoms with van der Waals surface area (Å²) in [5.74, 6) is -0.0658. The zero-order valence-corrected chi connectivity index (χ0v) is 43.7. The van der Waals surface area contributed by atoms with Gasteiger partial charge < -0.3 is 20.3 Å². The van der Waals surface area contributed by atoms with E-state index in [0.717, 1.165) is 44.9 Å². The van der Waals surface area contributed by atoms with Crippen molar-refractivity contribution in [3.05, 3.63) is 24.3 Å². The smallest absolute Gasteiger partial charge is 0.305 e. The summed E-state index contributed by atoms with van der Waals surface area (Å²) in [5.41, 5.74) is 0. The normalized spacial score (nSPS) is 12.7. The minimum absolute atomic E-state index is 0.0114. The van der Waals surface area contributed by atoms with Gasteiger partial charge in [-0.3, -0.25) is 9.59 Å². The number of ether oxygens (including phenoxy) is 1. The van der Waals surface area contributed by atoms with Crippen LogP contribution >= 0.6 is 0 Å². The summed E-state index contributed by atoms with van der Waals surface area (Å²) in [6, 6.07) is -0.631. The molecule has 6 nitrogen and oxygen atoms in total. The van der Waals surface area contributed by atoms with Crippen LogP contribution in [0.1, 0.15) is 316 Å². The van der Waals surface area contributed by atoms with Gasteiger partial charge in [-0.15, -0.1) is 0 Å². The highest BCUT2D eigenvalue weighted by Gasteiger charge is 2.18. The average molecular weight is 917 g/mol. The predicted molar refractivity (Wildman–Crippen MR) is 283 cm³/mol. The maximum absolute atomic E-state index is 12.4. The molecule has 2 atom stereocenters. The predicted octanol–water partition coefficient (Wildman–Crippen LogP) is 17.9. The molecule has 0 radical (unpaired) electrons. The van der Waals surface area contributed by atoms with Crippen LogP contribution in [0.5, 0.6) is 0 Å². The molecule has 0 saturated heterocycles. The first-order valence-corrected chi connectivity index (χ1v) is 29.1. The highest BCUT2D eigenvalue weighted by Crippen LogP contribution is 2.17. The van der Waals surface area contributed by atoms with Crippen molar-refractivity contribution >= 4 is 11.9 Å². The van der Waals surface area contributed by atoms with E-state index in [9.17, 15) is 19.8 Å². The second-order valence-electron chi connectivity index (χ2n) is 20.0. The van der Waals surface area contributed by atoms with Crippen LogP contribution in [-0.2, 0) is 14.3 Å². The van der Waals surface area contributed by atoms with Gasteiger partial charge in [0.25, 0.3) is 0 Å². The summed E-state index contributed by atoms with van der Waals surface area (Å²) in [6.07, 6.45) is 66.4. The van der Waals surface area contributed by atoms with Gasteiger partial charge in [-0.2, -0.15) is 0 Å². The second-order valence-corrected chi connectivity index (χ2v) is 20.0. The van der Waals surface area contributed by atoms with Gasteiger partial charge in [0.15, 0.2) is 0 Å². The van der Waals surface area contributed by atoms with Crippen molar-refractivity contribution in [2.24, 2.45) is 0 Å². The van der Waals surface area contributed by atoms with E-state index in [-0.39, 0.29) is 18.5 Å². The van der Waals surface area contributed by atoms with Gasteiger partial charge in [0.2, 0.25) is 5.91 Å². The van der Waals surface area contributed by atoms with E-state index >= 15 is 0 Å². The van der Waals surface area contributed by atoms with E-state index in [1.807, 2.05) is 6.08 Å². The van der Waals surface area contributed by atoms with Gasteiger partial charge in [0.1, 0.15) is 0 Å². The Balaban J connectivity index is 3.39. The van der Waals surface area contributed by atoms with Crippen LogP contribution in [0.15, 0.2) is 24.3 Å². The molecule has 2 unspecified atom stereocenters. The fourth-order valence-electron chi connectivity index (χ4n) is 8.98. The van der Waals surface area contributed by atoms with Crippen molar-refractivity contribution in [3.63, 3.8) is 0 Å². The van der Waals surface area contributed by atoms with Crippen molar-refractivity contribution in [3.8, 4) is 0 Å². The third kappa shape index (κ3) is 51.6. The summed E-state index contributed by atoms with van der Waals surface area (Å²) in [7, 11) is 0. The van der Waals surface area contributed by atoms with Crippen molar-refractivity contribution in [1.82, 2.24) is 5.32 Å². The molecular formula is C59H113NO5. The van der Waals surface area contributed by atoms with Crippen LogP contribution in [0.2, 0.25) is 0 Å². The molecule has 0 aromatic heterocycles. The Hall–Kier alpha value is -1.66. The Morgan fingerprint density at radius 1 is 0.415 bits per heavy atom. The van der Waals surface area contributed by atoms with Crippen molar-refractivity contribution in [2.45, 2.75) is 328 Å². The van der Waals surface area contributed by atoms with E-state index < -0.39 is 12.1 Å². The molecule has 0 aliphatic heterocycles. The van der Waals surface area contributed by atoms with Crippen LogP contribution in [0.25, 0.3) is 0 Å². The van der Waals surface area contributed by atoms with Gasteiger partial charge in [-0.1, -0.05) is 269 Å². The van der Waals surface area contributed by atoms with Crippen LogP contribution in [0.3, 0.4) is 0 Å². The molecule has 0 spiro atoms. The summed E-state index contributed by atoms with van der Waals surface area (Å²) in [5, 5.41) is 23.0. The van der Waals surface area contributed by atoms with Crippen molar-refractivity contribution in [1.29, 1.82) is 0 Å². The molecule has 65 heavy (non-hydrogen) atoms. The molecule has 0 bridgehead atoms. The highest BCUT2D eigenvalue weighted by molar-refractivity contribution is 5.76. The number of allylic oxidation sites excluding steroid dienone is 3. The van der Waals surface area contributed by atoms with Gasteiger partial charge in [0.05, 0.1) is 25.4 Å². The Morgan fingerprint density at radius 2 is 0.723 bits per heavy atom. The fraction of sp³-hybridized carbons (Fsp3) is 0.898. The number of aliphatic hydroxyl groups is 2. The second kappa shape index (κ2) is 54.9. The largest absolute Gasteiger partial charge is 0.466 e. The Morgan fingerprint density at radius 3 is 1.09 bits per heavy atom. The standard InChI is InChI=1S/C59H113NO5/c1-3-5-7-9-11-13-15-16-17-23-27-30-33-37-41-45-49-53-59(64)65-54-50-46-42-38-34-31-28-25-22-20-18-19-21-24-26-29-32-36-40-44-48-52-58(63)60-56(55-61)57(62)51-47-43-39-35-14-12-10-8-6-4-2/h19,21,47,51,56-57,61-62H,3-18,20,22-46,48-50,52-55H2,1-2H3,(H,60,63)/b21-19-,51-47+. The Labute approximate surface area is 405 Å². The molecule has 0 aliphatic carbocycles. The monoisotopic (exact) mass is 916 g/mol. The summed E-state index contributed by atoms with van der Waals surface area (Å²) in [4.78, 5) is 24.5. The fourth-order valence-corrected chi connectivity index (χ4v) is 8.98. The van der Waals surface area contributed by atoms with Crippen LogP contribution in [0.4, 0.5) is 0 Å². The molecule has 0 aromatic rings. The minimum atomic E-state index is -0.847. The number of rotatable bonds is 54. The molecule has 1 amide bonds. The Bertz CT molecular complexity index is 1010. The minimum Gasteiger partial charge on any atom is -0.466 e. The van der Waals surface area contributed by atoms with Crippen LogP contribution in [0, 0.1) is 0 Å². The molecule has 0 aliphatic rings. The molecule has 0 fully saturated rings. The third-order valence-corrected chi connectivity index (χ3v) is 13.5. The number of carbonyl (C=O) groups excluding carboxylic acids is 2. The zero-order valence-electron chi connectivity index (χ0n) is 43.7. The number of amides is 1. The lowest BCUT2D eigenvalue weighted by atomic mass is 10.0. The van der Waals surface area contributed by atoms with E-state index in [1.54, 1.807) is 6.08 Å². The number of hydrogen-bond acceptors (Lipinski definition) is 5. The van der Waals surface area contributed by atoms with Gasteiger partial charge in [0, 0.05) is 12.8 Å². The lowest BCUT2D eigenvalue weighted by Crippen LogP contribution is -2.45. The summed E-state index contributed by atoms with van der Waals surface area (Å²) in [6.45, 7) is 4.89. The van der Waals surface area contributed by atoms with E-state index in [1.165, 1.54) is 244 Å². The van der Waals surface area contributed by atoms with E-state index in [2.05, 4.69) is 31.3 Å². The lowest BCUT2D eigenvalue weighted by molar-refractivity contribution is -0.143. The first kappa shape index (κ1) is 63.3. The van der Waals surface area contributed by atoms with Crippen LogP contribution in [-0.4, -0.2) is 47.4 Å². The van der Waals surface area contributed by atoms with E-state index in [4.69, 9.17) is 4.74 Å².